The zero-order valence-corrected chi connectivity index (χ0v) is 15.4. The van der Waals surface area contributed by atoms with E-state index in [1.807, 2.05) is 25.1 Å². The van der Waals surface area contributed by atoms with Crippen LogP contribution in [-0.2, 0) is 16.1 Å². The summed E-state index contributed by atoms with van der Waals surface area (Å²) in [5.74, 6) is -1.92. The number of anilines is 1. The van der Waals surface area contributed by atoms with Crippen molar-refractivity contribution in [3.63, 3.8) is 0 Å². The summed E-state index contributed by atoms with van der Waals surface area (Å²) in [5.41, 5.74) is 1.40. The van der Waals surface area contributed by atoms with Crippen molar-refractivity contribution in [1.29, 1.82) is 0 Å². The molecule has 3 amide bonds. The van der Waals surface area contributed by atoms with E-state index in [0.29, 0.717) is 19.6 Å². The highest BCUT2D eigenvalue weighted by molar-refractivity contribution is 6.40. The molecule has 0 saturated heterocycles. The molecule has 0 radical (unpaired) electrons. The van der Waals surface area contributed by atoms with E-state index in [-0.39, 0.29) is 17.2 Å². The second-order valence-electron chi connectivity index (χ2n) is 6.10. The fraction of sp³-hybridized carbons (Fsp3) is 0.263. The molecule has 1 heterocycles. The highest BCUT2D eigenvalue weighted by Crippen LogP contribution is 2.15. The number of hydrogen-bond donors (Lipinski definition) is 3. The van der Waals surface area contributed by atoms with Crippen LogP contribution in [0, 0.1) is 0 Å². The Balaban J connectivity index is 1.96. The summed E-state index contributed by atoms with van der Waals surface area (Å²) >= 11 is 0. The number of para-hydroxylation sites is 1. The van der Waals surface area contributed by atoms with E-state index in [1.165, 1.54) is 0 Å². The lowest BCUT2D eigenvalue weighted by molar-refractivity contribution is -0.136. The number of amides is 3. The zero-order valence-electron chi connectivity index (χ0n) is 15.4. The minimum absolute atomic E-state index is 0.272. The van der Waals surface area contributed by atoms with Crippen LogP contribution in [-0.4, -0.2) is 54.8 Å². The van der Waals surface area contributed by atoms with Gasteiger partial charge in [-0.3, -0.25) is 19.4 Å². The van der Waals surface area contributed by atoms with Crippen molar-refractivity contribution >= 4 is 23.4 Å². The molecule has 0 aliphatic rings. The summed E-state index contributed by atoms with van der Waals surface area (Å²) in [6, 6.07) is 10.1. The van der Waals surface area contributed by atoms with Gasteiger partial charge in [-0.1, -0.05) is 18.2 Å². The van der Waals surface area contributed by atoms with Crippen LogP contribution in [0.1, 0.15) is 15.9 Å². The molecule has 2 rings (SSSR count). The Hall–Kier alpha value is -3.26. The number of hydrogen-bond acceptors (Lipinski definition) is 5. The Morgan fingerprint density at radius 2 is 1.78 bits per heavy atom. The molecule has 0 saturated carbocycles. The van der Waals surface area contributed by atoms with Gasteiger partial charge in [0.15, 0.2) is 0 Å². The number of nitrogens with one attached hydrogen (secondary N) is 3. The molecule has 8 nitrogen and oxygen atoms in total. The summed E-state index contributed by atoms with van der Waals surface area (Å²) < 4.78 is 0. The van der Waals surface area contributed by atoms with Gasteiger partial charge in [0.1, 0.15) is 0 Å². The van der Waals surface area contributed by atoms with Crippen molar-refractivity contribution < 1.29 is 14.4 Å². The van der Waals surface area contributed by atoms with Crippen LogP contribution >= 0.6 is 0 Å². The first-order chi connectivity index (χ1) is 13.0. The Labute approximate surface area is 158 Å². The van der Waals surface area contributed by atoms with Crippen LogP contribution < -0.4 is 16.0 Å². The molecule has 3 N–H and O–H groups in total. The van der Waals surface area contributed by atoms with E-state index in [9.17, 15) is 14.4 Å². The van der Waals surface area contributed by atoms with Crippen molar-refractivity contribution in [3.05, 3.63) is 59.9 Å². The largest absolute Gasteiger partial charge is 0.348 e. The van der Waals surface area contributed by atoms with Crippen LogP contribution in [0.4, 0.5) is 5.69 Å². The SMILES string of the molecule is CN(C)CCNC(=O)C(=O)Nc1ccccc1C(=O)NCc1cccnc1. The maximum Gasteiger partial charge on any atom is 0.313 e. The summed E-state index contributed by atoms with van der Waals surface area (Å²) in [4.78, 5) is 42.3. The van der Waals surface area contributed by atoms with E-state index in [2.05, 4.69) is 20.9 Å². The fourth-order valence-corrected chi connectivity index (χ4v) is 2.22. The van der Waals surface area contributed by atoms with Gasteiger partial charge in [-0.2, -0.15) is 0 Å². The molecule has 2 aromatic rings. The quantitative estimate of drug-likeness (QED) is 0.621. The number of aromatic nitrogens is 1. The van der Waals surface area contributed by atoms with E-state index >= 15 is 0 Å². The van der Waals surface area contributed by atoms with Gasteiger partial charge in [-0.05, 0) is 37.9 Å². The maximum absolute atomic E-state index is 12.4. The molecular weight excluding hydrogens is 346 g/mol. The zero-order chi connectivity index (χ0) is 19.6. The number of carbonyl (C=O) groups excluding carboxylic acids is 3. The summed E-state index contributed by atoms with van der Waals surface area (Å²) in [5, 5.41) is 7.79. The average molecular weight is 369 g/mol. The summed E-state index contributed by atoms with van der Waals surface area (Å²) in [6.07, 6.45) is 3.31. The highest BCUT2D eigenvalue weighted by Gasteiger charge is 2.17. The Morgan fingerprint density at radius 3 is 2.48 bits per heavy atom. The standard InChI is InChI=1S/C19H23N5O3/c1-24(2)11-10-21-18(26)19(27)23-16-8-4-3-7-15(16)17(25)22-13-14-6-5-9-20-12-14/h3-9,12H,10-11,13H2,1-2H3,(H,21,26)(H,22,25)(H,23,27). The third-order valence-corrected chi connectivity index (χ3v) is 3.65. The first-order valence-electron chi connectivity index (χ1n) is 8.47. The first kappa shape index (κ1) is 20.1. The van der Waals surface area contributed by atoms with Gasteiger partial charge in [0.05, 0.1) is 11.3 Å². The average Bonchev–Trinajstić information content (AvgIpc) is 2.67. The Kier molecular flexibility index (Phi) is 7.45. The predicted molar refractivity (Wildman–Crippen MR) is 102 cm³/mol. The summed E-state index contributed by atoms with van der Waals surface area (Å²) in [7, 11) is 3.74. The van der Waals surface area contributed by atoms with Crippen molar-refractivity contribution in [2.75, 3.05) is 32.5 Å². The molecule has 27 heavy (non-hydrogen) atoms. The lowest BCUT2D eigenvalue weighted by atomic mass is 10.1. The van der Waals surface area contributed by atoms with E-state index in [1.54, 1.807) is 42.7 Å². The molecule has 0 bridgehead atoms. The fourth-order valence-electron chi connectivity index (χ4n) is 2.22. The third-order valence-electron chi connectivity index (χ3n) is 3.65. The van der Waals surface area contributed by atoms with Crippen molar-refractivity contribution in [2.45, 2.75) is 6.54 Å². The second kappa shape index (κ2) is 10.0. The topological polar surface area (TPSA) is 103 Å². The van der Waals surface area contributed by atoms with Crippen LogP contribution in [0.15, 0.2) is 48.8 Å². The maximum atomic E-state index is 12.4. The number of nitrogens with zero attached hydrogens (tertiary/aromatic N) is 2. The van der Waals surface area contributed by atoms with Crippen LogP contribution in [0.25, 0.3) is 0 Å². The Bertz CT molecular complexity index is 793. The second-order valence-corrected chi connectivity index (χ2v) is 6.10. The number of benzene rings is 1. The van der Waals surface area contributed by atoms with E-state index < -0.39 is 11.8 Å². The van der Waals surface area contributed by atoms with Crippen molar-refractivity contribution in [3.8, 4) is 0 Å². The molecule has 0 unspecified atom stereocenters. The molecule has 0 spiro atoms. The van der Waals surface area contributed by atoms with Crippen molar-refractivity contribution in [2.24, 2.45) is 0 Å². The van der Waals surface area contributed by atoms with Crippen LogP contribution in [0.3, 0.4) is 0 Å². The molecule has 0 atom stereocenters. The smallest absolute Gasteiger partial charge is 0.313 e. The monoisotopic (exact) mass is 369 g/mol. The Morgan fingerprint density at radius 1 is 1.00 bits per heavy atom. The molecule has 142 valence electrons. The predicted octanol–water partition coefficient (Wildman–Crippen LogP) is 0.628. The number of likely N-dealkylation sites (N-methyl/N-ethyl adjacent to an activating group) is 1. The lowest BCUT2D eigenvalue weighted by Crippen LogP contribution is -2.39. The normalized spacial score (nSPS) is 10.3. The summed E-state index contributed by atoms with van der Waals surface area (Å²) in [6.45, 7) is 1.28. The molecule has 0 aliphatic heterocycles. The van der Waals surface area contributed by atoms with Gasteiger partial charge in [-0.25, -0.2) is 0 Å². The van der Waals surface area contributed by atoms with Crippen LogP contribution in [0.2, 0.25) is 0 Å². The van der Waals surface area contributed by atoms with Gasteiger partial charge < -0.3 is 20.9 Å². The number of rotatable bonds is 7. The number of carbonyl (C=O) groups is 3. The van der Waals surface area contributed by atoms with Gasteiger partial charge in [-0.15, -0.1) is 0 Å². The molecular formula is C19H23N5O3. The van der Waals surface area contributed by atoms with Gasteiger partial charge >= 0.3 is 11.8 Å². The highest BCUT2D eigenvalue weighted by atomic mass is 16.2. The molecule has 1 aromatic heterocycles. The molecule has 0 fully saturated rings. The van der Waals surface area contributed by atoms with E-state index in [4.69, 9.17) is 0 Å². The van der Waals surface area contributed by atoms with Crippen molar-refractivity contribution in [1.82, 2.24) is 20.5 Å². The minimum atomic E-state index is -0.818. The van der Waals surface area contributed by atoms with Gasteiger partial charge in [0.2, 0.25) is 0 Å². The van der Waals surface area contributed by atoms with Gasteiger partial charge in [0.25, 0.3) is 5.91 Å². The van der Waals surface area contributed by atoms with E-state index in [0.717, 1.165) is 5.56 Å². The van der Waals surface area contributed by atoms with Crippen LogP contribution in [0.5, 0.6) is 0 Å². The molecule has 1 aromatic carbocycles. The lowest BCUT2D eigenvalue weighted by Gasteiger charge is -2.12. The number of pyridine rings is 1. The third kappa shape index (κ3) is 6.52. The first-order valence-corrected chi connectivity index (χ1v) is 8.47. The van der Waals surface area contributed by atoms with Gasteiger partial charge in [0, 0.05) is 32.0 Å². The minimum Gasteiger partial charge on any atom is -0.348 e. The molecule has 0 aliphatic carbocycles. The molecule has 8 heteroatoms.